The molecule has 1 amide bonds. The minimum absolute atomic E-state index is 0.0363. The molecule has 0 radical (unpaired) electrons. The minimum Gasteiger partial charge on any atom is -0.489 e. The monoisotopic (exact) mass is 323 g/mol. The Morgan fingerprint density at radius 2 is 1.89 bits per heavy atom. The van der Waals surface area contributed by atoms with E-state index in [9.17, 15) is 9.18 Å². The molecule has 0 fully saturated rings. The van der Waals surface area contributed by atoms with Crippen molar-refractivity contribution in [3.8, 4) is 5.75 Å². The van der Waals surface area contributed by atoms with Crippen LogP contribution in [0.1, 0.15) is 15.9 Å². The van der Waals surface area contributed by atoms with Crippen molar-refractivity contribution in [2.45, 2.75) is 6.61 Å². The lowest BCUT2D eigenvalue weighted by atomic mass is 10.1. The predicted octanol–water partition coefficient (Wildman–Crippen LogP) is 3.27. The number of hydrogen-bond donors (Lipinski definition) is 1. The fourth-order valence-corrected chi connectivity index (χ4v) is 1.79. The number of rotatable bonds is 4. The van der Waals surface area contributed by atoms with Gasteiger partial charge in [-0.1, -0.05) is 15.9 Å². The molecule has 2 aromatic carbocycles. The zero-order valence-electron chi connectivity index (χ0n) is 9.90. The summed E-state index contributed by atoms with van der Waals surface area (Å²) in [5, 5.41) is 0. The molecule has 0 heterocycles. The molecule has 5 heteroatoms. The Labute approximate surface area is 118 Å². The molecular formula is C14H11BrFNO2. The summed E-state index contributed by atoms with van der Waals surface area (Å²) in [7, 11) is 0. The van der Waals surface area contributed by atoms with Gasteiger partial charge in [0.1, 0.15) is 18.2 Å². The van der Waals surface area contributed by atoms with Gasteiger partial charge in [0, 0.05) is 15.6 Å². The molecule has 0 aliphatic carbocycles. The molecule has 0 saturated carbocycles. The molecule has 0 spiro atoms. The maximum atomic E-state index is 13.6. The van der Waals surface area contributed by atoms with Crippen molar-refractivity contribution in [3.63, 3.8) is 0 Å². The third-order valence-corrected chi connectivity index (χ3v) is 3.07. The van der Waals surface area contributed by atoms with Gasteiger partial charge < -0.3 is 10.5 Å². The number of nitrogens with two attached hydrogens (primary N) is 1. The Balaban J connectivity index is 2.12. The molecule has 19 heavy (non-hydrogen) atoms. The van der Waals surface area contributed by atoms with E-state index in [0.717, 1.165) is 4.47 Å². The van der Waals surface area contributed by atoms with E-state index < -0.39 is 11.7 Å². The third-order valence-electron chi connectivity index (χ3n) is 2.54. The highest BCUT2D eigenvalue weighted by Crippen LogP contribution is 2.18. The van der Waals surface area contributed by atoms with E-state index in [0.29, 0.717) is 11.3 Å². The number of amides is 1. The van der Waals surface area contributed by atoms with E-state index in [-0.39, 0.29) is 12.2 Å². The van der Waals surface area contributed by atoms with Crippen LogP contribution in [0.3, 0.4) is 0 Å². The number of hydrogen-bond acceptors (Lipinski definition) is 2. The minimum atomic E-state index is -0.593. The van der Waals surface area contributed by atoms with Crippen LogP contribution in [-0.2, 0) is 6.61 Å². The molecule has 0 aliphatic rings. The summed E-state index contributed by atoms with van der Waals surface area (Å²) < 4.78 is 19.9. The lowest BCUT2D eigenvalue weighted by Gasteiger charge is -2.08. The van der Waals surface area contributed by atoms with Crippen LogP contribution in [0, 0.1) is 5.82 Å². The lowest BCUT2D eigenvalue weighted by molar-refractivity contribution is 0.1000. The zero-order valence-corrected chi connectivity index (χ0v) is 11.5. The van der Waals surface area contributed by atoms with Crippen molar-refractivity contribution >= 4 is 21.8 Å². The second-order valence-electron chi connectivity index (χ2n) is 3.91. The first-order valence-corrected chi connectivity index (χ1v) is 6.32. The zero-order chi connectivity index (χ0) is 13.8. The highest BCUT2D eigenvalue weighted by Gasteiger charge is 2.07. The Kier molecular flexibility index (Phi) is 4.16. The summed E-state index contributed by atoms with van der Waals surface area (Å²) in [5.41, 5.74) is 5.70. The van der Waals surface area contributed by atoms with Gasteiger partial charge >= 0.3 is 0 Å². The van der Waals surface area contributed by atoms with Gasteiger partial charge in [-0.05, 0) is 42.5 Å². The van der Waals surface area contributed by atoms with Crippen molar-refractivity contribution < 1.29 is 13.9 Å². The number of carbonyl (C=O) groups excluding carboxylic acids is 1. The molecule has 3 nitrogen and oxygen atoms in total. The lowest BCUT2D eigenvalue weighted by Crippen LogP contribution is -2.12. The van der Waals surface area contributed by atoms with Crippen LogP contribution in [0.4, 0.5) is 4.39 Å². The van der Waals surface area contributed by atoms with Crippen molar-refractivity contribution in [2.75, 3.05) is 0 Å². The van der Waals surface area contributed by atoms with Gasteiger partial charge in [-0.25, -0.2) is 4.39 Å². The first-order chi connectivity index (χ1) is 9.06. The second-order valence-corrected chi connectivity index (χ2v) is 4.83. The second kappa shape index (κ2) is 5.84. The van der Waals surface area contributed by atoms with Gasteiger partial charge in [-0.15, -0.1) is 0 Å². The number of carbonyl (C=O) groups is 1. The Hall–Kier alpha value is -1.88. The number of halogens is 2. The molecule has 0 unspecified atom stereocenters. The summed E-state index contributed by atoms with van der Waals surface area (Å²) in [6.07, 6.45) is 0. The van der Waals surface area contributed by atoms with E-state index in [1.54, 1.807) is 12.1 Å². The van der Waals surface area contributed by atoms with E-state index >= 15 is 0 Å². The fourth-order valence-electron chi connectivity index (χ4n) is 1.53. The fraction of sp³-hybridized carbons (Fsp3) is 0.0714. The molecule has 98 valence electrons. The topological polar surface area (TPSA) is 52.3 Å². The Morgan fingerprint density at radius 1 is 1.21 bits per heavy atom. The van der Waals surface area contributed by atoms with Crippen molar-refractivity contribution in [3.05, 3.63) is 63.9 Å². The van der Waals surface area contributed by atoms with Gasteiger partial charge in [0.05, 0.1) is 0 Å². The van der Waals surface area contributed by atoms with Crippen molar-refractivity contribution in [2.24, 2.45) is 5.73 Å². The maximum absolute atomic E-state index is 13.6. The Bertz CT molecular complexity index is 599. The quantitative estimate of drug-likeness (QED) is 0.938. The molecule has 0 atom stereocenters. The molecule has 0 aromatic heterocycles. The normalized spacial score (nSPS) is 10.2. The summed E-state index contributed by atoms with van der Waals surface area (Å²) in [6.45, 7) is 0.0363. The van der Waals surface area contributed by atoms with Crippen molar-refractivity contribution in [1.82, 2.24) is 0 Å². The van der Waals surface area contributed by atoms with E-state index in [1.165, 1.54) is 18.2 Å². The largest absolute Gasteiger partial charge is 0.489 e. The van der Waals surface area contributed by atoms with Crippen LogP contribution in [0.15, 0.2) is 46.9 Å². The third kappa shape index (κ3) is 3.54. The van der Waals surface area contributed by atoms with Crippen LogP contribution >= 0.6 is 15.9 Å². The number of benzene rings is 2. The highest BCUT2D eigenvalue weighted by molar-refractivity contribution is 9.10. The molecule has 0 bridgehead atoms. The smallest absolute Gasteiger partial charge is 0.248 e. The molecule has 0 aliphatic heterocycles. The van der Waals surface area contributed by atoms with Crippen LogP contribution in [0.25, 0.3) is 0 Å². The summed E-state index contributed by atoms with van der Waals surface area (Å²) in [6, 6.07) is 11.1. The van der Waals surface area contributed by atoms with Crippen molar-refractivity contribution in [1.29, 1.82) is 0 Å². The SMILES string of the molecule is NC(=O)c1ccc(F)c(COc2ccc(Br)cc2)c1. The van der Waals surface area contributed by atoms with Crippen LogP contribution in [0.5, 0.6) is 5.75 Å². The van der Waals surface area contributed by atoms with E-state index in [4.69, 9.17) is 10.5 Å². The predicted molar refractivity (Wildman–Crippen MR) is 73.4 cm³/mol. The van der Waals surface area contributed by atoms with Gasteiger partial charge in [0.15, 0.2) is 0 Å². The van der Waals surface area contributed by atoms with E-state index in [1.807, 2.05) is 12.1 Å². The molecule has 2 aromatic rings. The van der Waals surface area contributed by atoms with Gasteiger partial charge in [-0.2, -0.15) is 0 Å². The average molecular weight is 324 g/mol. The summed E-state index contributed by atoms with van der Waals surface area (Å²) in [5.74, 6) is -0.404. The van der Waals surface area contributed by atoms with Gasteiger partial charge in [0.2, 0.25) is 5.91 Å². The summed E-state index contributed by atoms with van der Waals surface area (Å²) in [4.78, 5) is 11.0. The first kappa shape index (κ1) is 13.5. The first-order valence-electron chi connectivity index (χ1n) is 5.53. The molecule has 2 rings (SSSR count). The Morgan fingerprint density at radius 3 is 2.53 bits per heavy atom. The van der Waals surface area contributed by atoms with Crippen LogP contribution < -0.4 is 10.5 Å². The number of ether oxygens (including phenoxy) is 1. The van der Waals surface area contributed by atoms with Gasteiger partial charge in [-0.3, -0.25) is 4.79 Å². The van der Waals surface area contributed by atoms with Crippen LogP contribution in [-0.4, -0.2) is 5.91 Å². The number of primary amides is 1. The van der Waals surface area contributed by atoms with Crippen LogP contribution in [0.2, 0.25) is 0 Å². The molecule has 0 saturated heterocycles. The average Bonchev–Trinajstić information content (AvgIpc) is 2.39. The molecule has 2 N–H and O–H groups in total. The molecular weight excluding hydrogens is 313 g/mol. The standard InChI is InChI=1S/C14H11BrFNO2/c15-11-2-4-12(5-3-11)19-8-10-7-9(14(17)18)1-6-13(10)16/h1-7H,8H2,(H2,17,18). The maximum Gasteiger partial charge on any atom is 0.248 e. The highest BCUT2D eigenvalue weighted by atomic mass is 79.9. The van der Waals surface area contributed by atoms with Gasteiger partial charge in [0.25, 0.3) is 0 Å². The van der Waals surface area contributed by atoms with E-state index in [2.05, 4.69) is 15.9 Å². The summed E-state index contributed by atoms with van der Waals surface area (Å²) >= 11 is 3.31.